The largest absolute Gasteiger partial charge is 0.397 e. The maximum absolute atomic E-state index is 12.1. The Morgan fingerprint density at radius 3 is 2.72 bits per heavy atom. The quantitative estimate of drug-likeness (QED) is 0.814. The molecule has 98 valence electrons. The van der Waals surface area contributed by atoms with E-state index in [1.54, 1.807) is 24.2 Å². The number of nitrogens with zero attached hydrogens (tertiary/aromatic N) is 3. The van der Waals surface area contributed by atoms with E-state index in [9.17, 15) is 4.79 Å². The first kappa shape index (κ1) is 12.5. The molecule has 1 aromatic rings. The third-order valence-corrected chi connectivity index (χ3v) is 3.11. The first-order valence-corrected chi connectivity index (χ1v) is 6.08. The standard InChI is InChI=1S/C12H19N5O/c1-16(12(18)17-4-2-3-5-17)8-11-10(14)6-9(13)7-15-11/h6-7H,2-5,8,13-14H2,1H3. The fourth-order valence-corrected chi connectivity index (χ4v) is 2.10. The summed E-state index contributed by atoms with van der Waals surface area (Å²) in [6, 6.07) is 1.70. The number of hydrogen-bond acceptors (Lipinski definition) is 4. The summed E-state index contributed by atoms with van der Waals surface area (Å²) in [7, 11) is 1.76. The van der Waals surface area contributed by atoms with Gasteiger partial charge < -0.3 is 21.3 Å². The molecule has 0 bridgehead atoms. The van der Waals surface area contributed by atoms with Gasteiger partial charge in [-0.3, -0.25) is 4.98 Å². The highest BCUT2D eigenvalue weighted by atomic mass is 16.2. The van der Waals surface area contributed by atoms with E-state index in [1.165, 1.54) is 0 Å². The lowest BCUT2D eigenvalue weighted by atomic mass is 10.2. The summed E-state index contributed by atoms with van der Waals surface area (Å²) in [6.07, 6.45) is 3.73. The van der Waals surface area contributed by atoms with Crippen LogP contribution in [0.5, 0.6) is 0 Å². The van der Waals surface area contributed by atoms with Gasteiger partial charge in [-0.1, -0.05) is 0 Å². The summed E-state index contributed by atoms with van der Waals surface area (Å²) in [5.74, 6) is 0. The van der Waals surface area contributed by atoms with Gasteiger partial charge in [0.1, 0.15) is 0 Å². The van der Waals surface area contributed by atoms with Crippen LogP contribution in [-0.2, 0) is 6.54 Å². The first-order chi connectivity index (χ1) is 8.58. The Balaban J connectivity index is 2.01. The van der Waals surface area contributed by atoms with Crippen LogP contribution in [0, 0.1) is 0 Å². The smallest absolute Gasteiger partial charge is 0.320 e. The number of pyridine rings is 1. The zero-order chi connectivity index (χ0) is 13.1. The summed E-state index contributed by atoms with van der Waals surface area (Å²) in [5.41, 5.74) is 13.2. The fourth-order valence-electron chi connectivity index (χ4n) is 2.10. The SMILES string of the molecule is CN(Cc1ncc(N)cc1N)C(=O)N1CCCC1. The van der Waals surface area contributed by atoms with Crippen molar-refractivity contribution in [2.75, 3.05) is 31.6 Å². The fraction of sp³-hybridized carbons (Fsp3) is 0.500. The molecule has 6 heteroatoms. The van der Waals surface area contributed by atoms with Gasteiger partial charge >= 0.3 is 6.03 Å². The molecule has 0 aromatic carbocycles. The molecule has 0 saturated carbocycles. The van der Waals surface area contributed by atoms with Crippen LogP contribution in [0.3, 0.4) is 0 Å². The lowest BCUT2D eigenvalue weighted by Gasteiger charge is -2.24. The van der Waals surface area contributed by atoms with Gasteiger partial charge in [-0.25, -0.2) is 4.79 Å². The maximum atomic E-state index is 12.1. The van der Waals surface area contributed by atoms with E-state index in [1.807, 2.05) is 4.90 Å². The lowest BCUT2D eigenvalue weighted by Crippen LogP contribution is -2.39. The number of nitrogens with two attached hydrogens (primary N) is 2. The second-order valence-corrected chi connectivity index (χ2v) is 4.64. The highest BCUT2D eigenvalue weighted by Gasteiger charge is 2.21. The topological polar surface area (TPSA) is 88.5 Å². The van der Waals surface area contributed by atoms with Gasteiger partial charge in [0, 0.05) is 20.1 Å². The van der Waals surface area contributed by atoms with Crippen LogP contribution in [0.4, 0.5) is 16.2 Å². The summed E-state index contributed by atoms with van der Waals surface area (Å²) in [4.78, 5) is 19.7. The molecule has 2 heterocycles. The monoisotopic (exact) mass is 249 g/mol. The minimum atomic E-state index is 0.0329. The molecule has 2 amide bonds. The molecule has 1 fully saturated rings. The number of likely N-dealkylation sites (tertiary alicyclic amines) is 1. The molecule has 0 aliphatic carbocycles. The Morgan fingerprint density at radius 1 is 1.44 bits per heavy atom. The molecule has 2 rings (SSSR count). The molecule has 0 spiro atoms. The van der Waals surface area contributed by atoms with E-state index < -0.39 is 0 Å². The van der Waals surface area contributed by atoms with E-state index in [4.69, 9.17) is 11.5 Å². The summed E-state index contributed by atoms with van der Waals surface area (Å²) in [5, 5.41) is 0. The van der Waals surface area contributed by atoms with Crippen molar-refractivity contribution >= 4 is 17.4 Å². The van der Waals surface area contributed by atoms with Crippen molar-refractivity contribution in [3.05, 3.63) is 18.0 Å². The highest BCUT2D eigenvalue weighted by molar-refractivity contribution is 5.74. The molecular weight excluding hydrogens is 230 g/mol. The molecule has 0 unspecified atom stereocenters. The van der Waals surface area contributed by atoms with Crippen LogP contribution in [0.1, 0.15) is 18.5 Å². The molecular formula is C12H19N5O. The summed E-state index contributed by atoms with van der Waals surface area (Å²) in [6.45, 7) is 2.09. The number of urea groups is 1. The van der Waals surface area contributed by atoms with Crippen LogP contribution >= 0.6 is 0 Å². The molecule has 1 aliphatic rings. The van der Waals surface area contributed by atoms with E-state index in [-0.39, 0.29) is 6.03 Å². The molecule has 1 aromatic heterocycles. The number of anilines is 2. The van der Waals surface area contributed by atoms with E-state index >= 15 is 0 Å². The summed E-state index contributed by atoms with van der Waals surface area (Å²) >= 11 is 0. The molecule has 18 heavy (non-hydrogen) atoms. The van der Waals surface area contributed by atoms with Crippen molar-refractivity contribution in [1.82, 2.24) is 14.8 Å². The Labute approximate surface area is 107 Å². The van der Waals surface area contributed by atoms with Gasteiger partial charge in [-0.2, -0.15) is 0 Å². The molecule has 6 nitrogen and oxygen atoms in total. The Kier molecular flexibility index (Phi) is 3.55. The zero-order valence-electron chi connectivity index (χ0n) is 10.6. The predicted molar refractivity (Wildman–Crippen MR) is 70.7 cm³/mol. The lowest BCUT2D eigenvalue weighted by molar-refractivity contribution is 0.170. The van der Waals surface area contributed by atoms with Crippen molar-refractivity contribution in [3.8, 4) is 0 Å². The van der Waals surface area contributed by atoms with Gasteiger partial charge in [0.2, 0.25) is 0 Å². The van der Waals surface area contributed by atoms with Gasteiger partial charge in [-0.15, -0.1) is 0 Å². The van der Waals surface area contributed by atoms with Crippen LogP contribution < -0.4 is 11.5 Å². The van der Waals surface area contributed by atoms with Crippen LogP contribution in [0.15, 0.2) is 12.3 Å². The Morgan fingerprint density at radius 2 is 2.11 bits per heavy atom. The predicted octanol–water partition coefficient (Wildman–Crippen LogP) is 0.894. The minimum absolute atomic E-state index is 0.0329. The average molecular weight is 249 g/mol. The number of carbonyl (C=O) groups excluding carboxylic acids is 1. The number of rotatable bonds is 2. The number of carbonyl (C=O) groups is 1. The number of aromatic nitrogens is 1. The van der Waals surface area contributed by atoms with Crippen molar-refractivity contribution in [3.63, 3.8) is 0 Å². The third kappa shape index (κ3) is 2.64. The maximum Gasteiger partial charge on any atom is 0.320 e. The van der Waals surface area contributed by atoms with Crippen LogP contribution in [0.2, 0.25) is 0 Å². The summed E-state index contributed by atoms with van der Waals surface area (Å²) < 4.78 is 0. The van der Waals surface area contributed by atoms with E-state index in [2.05, 4.69) is 4.98 Å². The number of nitrogen functional groups attached to an aromatic ring is 2. The van der Waals surface area contributed by atoms with Gasteiger partial charge in [0.25, 0.3) is 0 Å². The normalized spacial score (nSPS) is 14.8. The number of amides is 2. The van der Waals surface area contributed by atoms with E-state index in [0.29, 0.717) is 23.6 Å². The second-order valence-electron chi connectivity index (χ2n) is 4.64. The highest BCUT2D eigenvalue weighted by Crippen LogP contribution is 2.16. The van der Waals surface area contributed by atoms with Gasteiger partial charge in [-0.05, 0) is 18.9 Å². The molecule has 0 radical (unpaired) electrons. The first-order valence-electron chi connectivity index (χ1n) is 6.08. The van der Waals surface area contributed by atoms with Gasteiger partial charge in [0.05, 0.1) is 29.8 Å². The Bertz CT molecular complexity index is 442. The second kappa shape index (κ2) is 5.12. The van der Waals surface area contributed by atoms with Crippen molar-refractivity contribution in [1.29, 1.82) is 0 Å². The molecule has 0 atom stereocenters. The zero-order valence-corrected chi connectivity index (χ0v) is 10.6. The van der Waals surface area contributed by atoms with Crippen molar-refractivity contribution in [2.24, 2.45) is 0 Å². The van der Waals surface area contributed by atoms with Crippen molar-refractivity contribution in [2.45, 2.75) is 19.4 Å². The van der Waals surface area contributed by atoms with Gasteiger partial charge in [0.15, 0.2) is 0 Å². The minimum Gasteiger partial charge on any atom is -0.397 e. The molecule has 4 N–H and O–H groups in total. The average Bonchev–Trinajstić information content (AvgIpc) is 2.85. The molecule has 1 saturated heterocycles. The van der Waals surface area contributed by atoms with Crippen LogP contribution in [-0.4, -0.2) is 41.0 Å². The molecule has 1 aliphatic heterocycles. The third-order valence-electron chi connectivity index (χ3n) is 3.11. The Hall–Kier alpha value is -1.98. The van der Waals surface area contributed by atoms with E-state index in [0.717, 1.165) is 25.9 Å². The van der Waals surface area contributed by atoms with Crippen LogP contribution in [0.25, 0.3) is 0 Å². The number of hydrogen-bond donors (Lipinski definition) is 2. The van der Waals surface area contributed by atoms with Crippen molar-refractivity contribution < 1.29 is 4.79 Å².